The Labute approximate surface area is 563 Å². The van der Waals surface area contributed by atoms with Crippen LogP contribution in [0.2, 0.25) is 0 Å². The van der Waals surface area contributed by atoms with Crippen molar-refractivity contribution in [2.45, 2.75) is 157 Å². The maximum Gasteiger partial charge on any atom is 0.252 e. The second-order valence-corrected chi connectivity index (χ2v) is 34.2. The fourth-order valence-electron chi connectivity index (χ4n) is 15.8. The van der Waals surface area contributed by atoms with Crippen LogP contribution in [0.1, 0.15) is 158 Å². The van der Waals surface area contributed by atoms with E-state index in [-0.39, 0.29) is 39.2 Å². The van der Waals surface area contributed by atoms with Gasteiger partial charge in [0.05, 0.1) is 11.4 Å². The maximum absolute atomic E-state index is 5.91. The summed E-state index contributed by atoms with van der Waals surface area (Å²) < 4.78 is 0. The summed E-state index contributed by atoms with van der Waals surface area (Å²) in [6.45, 7) is 41.9. The molecule has 0 bridgehead atoms. The van der Waals surface area contributed by atoms with Gasteiger partial charge in [0.1, 0.15) is 0 Å². The van der Waals surface area contributed by atoms with E-state index in [1.165, 1.54) is 137 Å². The first-order valence-electron chi connectivity index (χ1n) is 34.6. The molecule has 0 saturated carbocycles. The van der Waals surface area contributed by atoms with Crippen LogP contribution < -0.4 is 26.2 Å². The van der Waals surface area contributed by atoms with Gasteiger partial charge in [-0.1, -0.05) is 258 Å². The highest BCUT2D eigenvalue weighted by Crippen LogP contribution is 2.53. The third-order valence-electron chi connectivity index (χ3n) is 21.3. The molecule has 2 aliphatic heterocycles. The summed E-state index contributed by atoms with van der Waals surface area (Å²) in [5, 5.41) is 15.3. The molecule has 3 heterocycles. The Kier molecular flexibility index (Phi) is 13.2. The van der Waals surface area contributed by atoms with Crippen LogP contribution in [0.4, 0.5) is 34.1 Å². The Bertz CT molecular complexity index is 5040. The van der Waals surface area contributed by atoms with Crippen LogP contribution in [0.15, 0.2) is 206 Å². The molecule has 1 aromatic heterocycles. The summed E-state index contributed by atoms with van der Waals surface area (Å²) in [4.78, 5) is 11.3. The smallest absolute Gasteiger partial charge is 0.252 e. The maximum atomic E-state index is 5.91. The molecule has 0 unspecified atom stereocenters. The quantitative estimate of drug-likeness (QED) is 0.126. The largest absolute Gasteiger partial charge is 0.311 e. The molecular formula is C91H88BN3. The Balaban J connectivity index is 1.09. The topological polar surface area (TPSA) is 19.4 Å². The fourth-order valence-corrected chi connectivity index (χ4v) is 15.8. The number of pyridine rings is 1. The number of hydrogen-bond acceptors (Lipinski definition) is 3. The molecule has 14 aromatic rings. The summed E-state index contributed by atoms with van der Waals surface area (Å²) in [7, 11) is 0. The summed E-state index contributed by atoms with van der Waals surface area (Å²) in [6, 6.07) is 81.6. The zero-order valence-corrected chi connectivity index (χ0v) is 59.0. The predicted molar refractivity (Wildman–Crippen MR) is 414 cm³/mol. The molecule has 95 heavy (non-hydrogen) atoms. The minimum absolute atomic E-state index is 0.0457. The van der Waals surface area contributed by atoms with E-state index in [9.17, 15) is 0 Å². The van der Waals surface area contributed by atoms with E-state index in [0.29, 0.717) is 0 Å². The van der Waals surface area contributed by atoms with Gasteiger partial charge in [0.25, 0.3) is 6.71 Å². The zero-order chi connectivity index (χ0) is 66.5. The van der Waals surface area contributed by atoms with Crippen molar-refractivity contribution in [2.75, 3.05) is 9.80 Å². The molecule has 0 aliphatic carbocycles. The van der Waals surface area contributed by atoms with E-state index in [1.807, 2.05) is 0 Å². The molecule has 0 atom stereocenters. The average Bonchev–Trinajstić information content (AvgIpc) is 0.678. The lowest BCUT2D eigenvalue weighted by Crippen LogP contribution is -2.61. The van der Waals surface area contributed by atoms with E-state index in [4.69, 9.17) is 4.98 Å². The molecule has 0 N–H and O–H groups in total. The molecule has 0 spiro atoms. The van der Waals surface area contributed by atoms with Gasteiger partial charge < -0.3 is 9.80 Å². The first-order chi connectivity index (χ1) is 44.8. The minimum Gasteiger partial charge on any atom is -0.311 e. The van der Waals surface area contributed by atoms with Crippen molar-refractivity contribution in [3.63, 3.8) is 0 Å². The lowest BCUT2D eigenvalue weighted by Gasteiger charge is -2.45. The van der Waals surface area contributed by atoms with Gasteiger partial charge in [0.15, 0.2) is 0 Å². The van der Waals surface area contributed by atoms with Gasteiger partial charge in [-0.3, -0.25) is 0 Å². The number of aromatic nitrogens is 1. The minimum atomic E-state index is -0.159. The SMILES string of the molecule is CC(C)(C)c1ccc(N2c3cc(-c4cc(-c5cc(C(C)(C)C)cc(C(C)(C)C)c5)nc(-c5cc(C(C)(C)C)cc(C(C)(C)C)c5)c4)cc4c3B(c3cc5ccc6cccc7ccc(c32)c5c67)c2cc3ccc5cccc6ccc(c2N4c2ccc(C(C)(C)C)cc2)c3c56)cc1. The normalized spacial score (nSPS) is 13.9. The monoisotopic (exact) mass is 1230 g/mol. The Morgan fingerprint density at radius 1 is 0.274 bits per heavy atom. The number of nitrogens with zero attached hydrogens (tertiary/aromatic N) is 3. The van der Waals surface area contributed by atoms with Crippen molar-refractivity contribution in [1.82, 2.24) is 4.98 Å². The average molecular weight is 1230 g/mol. The lowest BCUT2D eigenvalue weighted by molar-refractivity contribution is 0.568. The summed E-state index contributed by atoms with van der Waals surface area (Å²) in [5.41, 5.74) is 24.7. The summed E-state index contributed by atoms with van der Waals surface area (Å²) in [6.07, 6.45) is 0. The van der Waals surface area contributed by atoms with Gasteiger partial charge in [-0.15, -0.1) is 0 Å². The van der Waals surface area contributed by atoms with Gasteiger partial charge in [-0.2, -0.15) is 0 Å². The zero-order valence-electron chi connectivity index (χ0n) is 59.0. The van der Waals surface area contributed by atoms with Crippen LogP contribution in [0.25, 0.3) is 98.3 Å². The third kappa shape index (κ3) is 9.85. The van der Waals surface area contributed by atoms with Crippen molar-refractivity contribution in [2.24, 2.45) is 0 Å². The highest BCUT2D eigenvalue weighted by molar-refractivity contribution is 7.01. The van der Waals surface area contributed by atoms with Gasteiger partial charge in [-0.05, 0) is 220 Å². The van der Waals surface area contributed by atoms with Crippen molar-refractivity contribution >= 4 is 122 Å². The molecule has 13 aromatic carbocycles. The molecule has 0 radical (unpaired) electrons. The standard InChI is InChI=1S/C91H88BN3/c1-86(2,3)63-31-35-69(36-32-63)94-77-49-60(59-47-75(61-41-65(88(7,8)9)51-66(42-61)89(10,11)12)93-76(48-59)62-43-67(90(13,14)15)52-68(44-62)91(16,17)18)50-78-83(77)92(73-45-57-27-25-53-21-19-23-55-29-39-71(84(73)94)81(57)79(53)55)74-46-58-28-26-54-22-20-24-56-30-40-72(82(58)80(54)56)85(74)95(78)70-37-33-64(34-38-70)87(4,5)6/h19-52H,1-18H3. The van der Waals surface area contributed by atoms with Gasteiger partial charge >= 0.3 is 0 Å². The summed E-state index contributed by atoms with van der Waals surface area (Å²) in [5.74, 6) is 0. The molecule has 470 valence electrons. The van der Waals surface area contributed by atoms with Crippen LogP contribution in [0.3, 0.4) is 0 Å². The van der Waals surface area contributed by atoms with Crippen molar-refractivity contribution in [1.29, 1.82) is 0 Å². The van der Waals surface area contributed by atoms with E-state index in [2.05, 4.69) is 341 Å². The fraction of sp³-hybridized carbons (Fsp3) is 0.264. The Morgan fingerprint density at radius 3 is 0.926 bits per heavy atom. The predicted octanol–water partition coefficient (Wildman–Crippen LogP) is 23.7. The molecule has 0 amide bonds. The van der Waals surface area contributed by atoms with Gasteiger partial charge in [0, 0.05) is 56.0 Å². The van der Waals surface area contributed by atoms with Crippen molar-refractivity contribution < 1.29 is 0 Å². The van der Waals surface area contributed by atoms with Crippen LogP contribution in [0, 0.1) is 0 Å². The first kappa shape index (κ1) is 60.7. The van der Waals surface area contributed by atoms with E-state index >= 15 is 0 Å². The van der Waals surface area contributed by atoms with Gasteiger partial charge in [0.2, 0.25) is 0 Å². The first-order valence-corrected chi connectivity index (χ1v) is 34.6. The Morgan fingerprint density at radius 2 is 0.589 bits per heavy atom. The van der Waals surface area contributed by atoms with Crippen LogP contribution >= 0.6 is 0 Å². The van der Waals surface area contributed by atoms with Crippen molar-refractivity contribution in [3.8, 4) is 33.6 Å². The number of fused-ring (bicyclic) bond motifs is 6. The molecule has 3 nitrogen and oxygen atoms in total. The highest BCUT2D eigenvalue weighted by atomic mass is 15.2. The van der Waals surface area contributed by atoms with Crippen LogP contribution in [-0.4, -0.2) is 11.7 Å². The molecule has 4 heteroatoms. The van der Waals surface area contributed by atoms with E-state index < -0.39 is 0 Å². The van der Waals surface area contributed by atoms with E-state index in [0.717, 1.165) is 45.0 Å². The van der Waals surface area contributed by atoms with Gasteiger partial charge in [-0.25, -0.2) is 4.98 Å². The number of rotatable bonds is 5. The number of benzene rings is 13. The van der Waals surface area contributed by atoms with Crippen molar-refractivity contribution in [3.05, 3.63) is 240 Å². The molecule has 16 rings (SSSR count). The summed E-state index contributed by atoms with van der Waals surface area (Å²) >= 11 is 0. The molecule has 0 fully saturated rings. The van der Waals surface area contributed by atoms with Crippen LogP contribution in [0.5, 0.6) is 0 Å². The molecule has 0 saturated heterocycles. The molecule has 2 aliphatic rings. The van der Waals surface area contributed by atoms with Crippen LogP contribution in [-0.2, 0) is 32.5 Å². The third-order valence-corrected chi connectivity index (χ3v) is 21.3. The second-order valence-electron chi connectivity index (χ2n) is 34.2. The Hall–Kier alpha value is -9.25. The second kappa shape index (κ2) is 20.6. The highest BCUT2D eigenvalue weighted by Gasteiger charge is 2.46. The molecular weight excluding hydrogens is 1150 g/mol. The number of hydrogen-bond donors (Lipinski definition) is 0. The number of anilines is 6. The lowest BCUT2D eigenvalue weighted by atomic mass is 9.33. The van der Waals surface area contributed by atoms with E-state index in [1.54, 1.807) is 0 Å².